The maximum Gasteiger partial charge on any atom is 0.323 e. The van der Waals surface area contributed by atoms with E-state index in [4.69, 9.17) is 15.2 Å². The fourth-order valence-corrected chi connectivity index (χ4v) is 1.70. The van der Waals surface area contributed by atoms with Gasteiger partial charge in [0.1, 0.15) is 22.5 Å². The highest BCUT2D eigenvalue weighted by Gasteiger charge is 2.17. The van der Waals surface area contributed by atoms with Gasteiger partial charge in [0, 0.05) is 12.9 Å². The van der Waals surface area contributed by atoms with E-state index in [-0.39, 0.29) is 18.8 Å². The van der Waals surface area contributed by atoms with Crippen LogP contribution in [-0.4, -0.2) is 52.3 Å². The van der Waals surface area contributed by atoms with Gasteiger partial charge in [-0.25, -0.2) is 8.42 Å². The summed E-state index contributed by atoms with van der Waals surface area (Å²) in [4.78, 5) is 11.3. The molecule has 0 fully saturated rings. The minimum absolute atomic E-state index is 0.0769. The SMILES string of the molecule is CCCOCCOC(=O)C(N)CCS(C)(=O)=O. The Morgan fingerprint density at radius 1 is 1.29 bits per heavy atom. The highest BCUT2D eigenvalue weighted by molar-refractivity contribution is 7.90. The van der Waals surface area contributed by atoms with Gasteiger partial charge in [-0.15, -0.1) is 0 Å². The Labute approximate surface area is 102 Å². The molecule has 0 aliphatic heterocycles. The van der Waals surface area contributed by atoms with Crippen LogP contribution < -0.4 is 5.73 Å². The molecule has 0 heterocycles. The standard InChI is InChI=1S/C10H21NO5S/c1-3-5-15-6-7-16-10(12)9(11)4-8-17(2,13)14/h9H,3-8,11H2,1-2H3. The molecule has 0 aromatic rings. The van der Waals surface area contributed by atoms with Crippen molar-refractivity contribution >= 4 is 15.8 Å². The van der Waals surface area contributed by atoms with Crippen molar-refractivity contribution in [3.63, 3.8) is 0 Å². The van der Waals surface area contributed by atoms with Crippen LogP contribution in [-0.2, 0) is 24.1 Å². The molecule has 0 bridgehead atoms. The number of rotatable bonds is 9. The summed E-state index contributed by atoms with van der Waals surface area (Å²) in [5.74, 6) is -0.705. The molecule has 2 N–H and O–H groups in total. The first-order chi connectivity index (χ1) is 7.87. The maximum atomic E-state index is 11.3. The minimum Gasteiger partial charge on any atom is -0.462 e. The summed E-state index contributed by atoms with van der Waals surface area (Å²) in [7, 11) is -3.10. The smallest absolute Gasteiger partial charge is 0.323 e. The van der Waals surface area contributed by atoms with E-state index in [1.54, 1.807) is 0 Å². The maximum absolute atomic E-state index is 11.3. The van der Waals surface area contributed by atoms with Crippen molar-refractivity contribution < 1.29 is 22.7 Å². The van der Waals surface area contributed by atoms with Gasteiger partial charge in [-0.1, -0.05) is 6.92 Å². The van der Waals surface area contributed by atoms with E-state index in [0.29, 0.717) is 13.2 Å². The molecule has 102 valence electrons. The number of esters is 1. The van der Waals surface area contributed by atoms with Crippen molar-refractivity contribution in [2.45, 2.75) is 25.8 Å². The zero-order chi connectivity index (χ0) is 13.3. The number of sulfone groups is 1. The summed E-state index contributed by atoms with van der Waals surface area (Å²) >= 11 is 0. The lowest BCUT2D eigenvalue weighted by atomic mass is 10.2. The van der Waals surface area contributed by atoms with Crippen LogP contribution in [0.1, 0.15) is 19.8 Å². The van der Waals surface area contributed by atoms with Crippen LogP contribution in [0.15, 0.2) is 0 Å². The van der Waals surface area contributed by atoms with Gasteiger partial charge in [-0.05, 0) is 12.8 Å². The highest BCUT2D eigenvalue weighted by atomic mass is 32.2. The Balaban J connectivity index is 3.68. The van der Waals surface area contributed by atoms with E-state index in [0.717, 1.165) is 12.7 Å². The third-order valence-corrected chi connectivity index (χ3v) is 2.90. The zero-order valence-electron chi connectivity index (χ0n) is 10.3. The molecule has 0 amide bonds. The van der Waals surface area contributed by atoms with Crippen molar-refractivity contribution in [2.75, 3.05) is 31.8 Å². The summed E-state index contributed by atoms with van der Waals surface area (Å²) in [6.45, 7) is 3.08. The molecule has 0 saturated carbocycles. The van der Waals surface area contributed by atoms with Gasteiger partial charge in [-0.3, -0.25) is 4.79 Å². The first-order valence-corrected chi connectivity index (χ1v) is 7.60. The molecule has 0 saturated heterocycles. The van der Waals surface area contributed by atoms with Crippen LogP contribution >= 0.6 is 0 Å². The monoisotopic (exact) mass is 267 g/mol. The van der Waals surface area contributed by atoms with Gasteiger partial charge in [0.05, 0.1) is 12.4 Å². The Morgan fingerprint density at radius 3 is 2.47 bits per heavy atom. The molecule has 1 atom stereocenters. The van der Waals surface area contributed by atoms with E-state index in [2.05, 4.69) is 0 Å². The summed E-state index contributed by atoms with van der Waals surface area (Å²) in [5.41, 5.74) is 5.49. The number of nitrogens with two attached hydrogens (primary N) is 1. The number of carbonyl (C=O) groups is 1. The average Bonchev–Trinajstić information content (AvgIpc) is 2.24. The number of carbonyl (C=O) groups excluding carboxylic acids is 1. The van der Waals surface area contributed by atoms with Gasteiger partial charge in [-0.2, -0.15) is 0 Å². The van der Waals surface area contributed by atoms with Crippen molar-refractivity contribution in [1.29, 1.82) is 0 Å². The lowest BCUT2D eigenvalue weighted by molar-refractivity contribution is -0.146. The molecule has 0 aromatic carbocycles. The molecule has 17 heavy (non-hydrogen) atoms. The second kappa shape index (κ2) is 8.43. The molecule has 0 rings (SSSR count). The predicted molar refractivity (Wildman–Crippen MR) is 64.4 cm³/mol. The van der Waals surface area contributed by atoms with Gasteiger partial charge < -0.3 is 15.2 Å². The van der Waals surface area contributed by atoms with Gasteiger partial charge in [0.25, 0.3) is 0 Å². The van der Waals surface area contributed by atoms with Crippen LogP contribution in [0.5, 0.6) is 0 Å². The van der Waals surface area contributed by atoms with Crippen LogP contribution in [0.2, 0.25) is 0 Å². The summed E-state index contributed by atoms with van der Waals surface area (Å²) in [5, 5.41) is 0. The molecule has 0 aliphatic rings. The quantitative estimate of drug-likeness (QED) is 0.456. The first-order valence-electron chi connectivity index (χ1n) is 5.54. The van der Waals surface area contributed by atoms with Crippen molar-refractivity contribution in [3.8, 4) is 0 Å². The second-order valence-corrected chi connectivity index (χ2v) is 6.06. The lowest BCUT2D eigenvalue weighted by Gasteiger charge is -2.10. The molecule has 0 aromatic heterocycles. The minimum atomic E-state index is -3.10. The Morgan fingerprint density at radius 2 is 1.94 bits per heavy atom. The fourth-order valence-electron chi connectivity index (χ4n) is 1.01. The number of ether oxygens (including phenoxy) is 2. The third-order valence-electron chi connectivity index (χ3n) is 1.92. The molecular weight excluding hydrogens is 246 g/mol. The lowest BCUT2D eigenvalue weighted by Crippen LogP contribution is -2.34. The fraction of sp³-hybridized carbons (Fsp3) is 0.900. The van der Waals surface area contributed by atoms with Gasteiger partial charge in [0.2, 0.25) is 0 Å². The molecule has 0 radical (unpaired) electrons. The molecular formula is C10H21NO5S. The van der Waals surface area contributed by atoms with Gasteiger partial charge >= 0.3 is 5.97 Å². The first kappa shape index (κ1) is 16.3. The van der Waals surface area contributed by atoms with Gasteiger partial charge in [0.15, 0.2) is 0 Å². The van der Waals surface area contributed by atoms with E-state index in [9.17, 15) is 13.2 Å². The number of hydrogen-bond acceptors (Lipinski definition) is 6. The third kappa shape index (κ3) is 10.2. The van der Waals surface area contributed by atoms with Crippen LogP contribution in [0.4, 0.5) is 0 Å². The van der Waals surface area contributed by atoms with Crippen molar-refractivity contribution in [3.05, 3.63) is 0 Å². The average molecular weight is 267 g/mol. The second-order valence-electron chi connectivity index (χ2n) is 3.80. The van der Waals surface area contributed by atoms with Crippen LogP contribution in [0.25, 0.3) is 0 Å². The normalized spacial score (nSPS) is 13.4. The molecule has 6 nitrogen and oxygen atoms in total. The van der Waals surface area contributed by atoms with Crippen molar-refractivity contribution in [2.24, 2.45) is 5.73 Å². The Hall–Kier alpha value is -0.660. The molecule has 0 aliphatic carbocycles. The summed E-state index contributed by atoms with van der Waals surface area (Å²) < 4.78 is 31.7. The van der Waals surface area contributed by atoms with E-state index >= 15 is 0 Å². The van der Waals surface area contributed by atoms with Crippen molar-refractivity contribution in [1.82, 2.24) is 0 Å². The molecule has 0 spiro atoms. The molecule has 1 unspecified atom stereocenters. The number of hydrogen-bond donors (Lipinski definition) is 1. The Kier molecular flexibility index (Phi) is 8.11. The van der Waals surface area contributed by atoms with E-state index in [1.165, 1.54) is 0 Å². The molecule has 7 heteroatoms. The summed E-state index contributed by atoms with van der Waals surface area (Å²) in [6.07, 6.45) is 2.08. The van der Waals surface area contributed by atoms with Crippen LogP contribution in [0, 0.1) is 0 Å². The zero-order valence-corrected chi connectivity index (χ0v) is 11.2. The Bertz CT molecular complexity index is 315. The van der Waals surface area contributed by atoms with E-state index in [1.807, 2.05) is 6.92 Å². The van der Waals surface area contributed by atoms with Crippen LogP contribution in [0.3, 0.4) is 0 Å². The summed E-state index contributed by atoms with van der Waals surface area (Å²) in [6, 6.07) is -0.893. The highest BCUT2D eigenvalue weighted by Crippen LogP contribution is 1.96. The topological polar surface area (TPSA) is 95.7 Å². The van der Waals surface area contributed by atoms with E-state index < -0.39 is 21.8 Å². The largest absolute Gasteiger partial charge is 0.462 e. The predicted octanol–water partition coefficient (Wildman–Crippen LogP) is -0.282.